The molecular formula is C16H9F11O4S2. The summed E-state index contributed by atoms with van der Waals surface area (Å²) in [5, 5.41) is 0. The van der Waals surface area contributed by atoms with Crippen molar-refractivity contribution in [2.45, 2.75) is 22.5 Å². The molecule has 0 fully saturated rings. The van der Waals surface area contributed by atoms with E-state index in [2.05, 4.69) is 19.1 Å². The standard InChI is InChI=1S/C9HF11O4S2.C7H8/c10-2-1(3(11)5(13)6(14)4(2)12)7(25(21,22)8(15,16)17)26(23,24)9(18,19)20;1-7-5-3-2-4-6-7/h7H;2-6H,1H3. The molecule has 2 aromatic carbocycles. The van der Waals surface area contributed by atoms with Gasteiger partial charge in [0.1, 0.15) is 0 Å². The Labute approximate surface area is 178 Å². The van der Waals surface area contributed by atoms with Crippen LogP contribution in [0.15, 0.2) is 30.3 Å². The summed E-state index contributed by atoms with van der Waals surface area (Å²) >= 11 is 0. The molecule has 0 unspecified atom stereocenters. The van der Waals surface area contributed by atoms with Crippen molar-refractivity contribution in [3.05, 3.63) is 70.5 Å². The van der Waals surface area contributed by atoms with Crippen LogP contribution in [0.2, 0.25) is 0 Å². The van der Waals surface area contributed by atoms with Gasteiger partial charge in [-0.1, -0.05) is 35.9 Å². The molecule has 0 spiro atoms. The number of alkyl halides is 6. The lowest BCUT2D eigenvalue weighted by atomic mass is 10.2. The van der Waals surface area contributed by atoms with E-state index < -0.39 is 69.9 Å². The Bertz CT molecular complexity index is 1150. The normalized spacial score (nSPS) is 13.0. The van der Waals surface area contributed by atoms with Crippen molar-refractivity contribution in [2.24, 2.45) is 0 Å². The first-order valence-corrected chi connectivity index (χ1v) is 10.9. The zero-order valence-corrected chi connectivity index (χ0v) is 17.2. The van der Waals surface area contributed by atoms with E-state index in [0.29, 0.717) is 0 Å². The van der Waals surface area contributed by atoms with E-state index in [4.69, 9.17) is 0 Å². The number of hydrogen-bond acceptors (Lipinski definition) is 4. The van der Waals surface area contributed by atoms with Crippen LogP contribution in [0.4, 0.5) is 48.3 Å². The molecule has 17 heteroatoms. The van der Waals surface area contributed by atoms with Gasteiger partial charge in [-0.2, -0.15) is 26.3 Å². The summed E-state index contributed by atoms with van der Waals surface area (Å²) in [6.45, 7) is 2.08. The lowest BCUT2D eigenvalue weighted by Gasteiger charge is -2.22. The number of benzene rings is 2. The predicted octanol–water partition coefficient (Wildman–Crippen LogP) is 5.24. The maximum absolute atomic E-state index is 13.5. The minimum Gasteiger partial charge on any atom is -0.218 e. The Balaban J connectivity index is 0.000000657. The van der Waals surface area contributed by atoms with Crippen LogP contribution in [-0.4, -0.2) is 27.9 Å². The van der Waals surface area contributed by atoms with Gasteiger partial charge < -0.3 is 0 Å². The summed E-state index contributed by atoms with van der Waals surface area (Å²) in [6, 6.07) is 10.3. The minimum absolute atomic E-state index is 1.32. The first-order valence-electron chi connectivity index (χ1n) is 7.82. The van der Waals surface area contributed by atoms with Crippen molar-refractivity contribution in [3.8, 4) is 0 Å². The Hall–Kier alpha value is -2.43. The van der Waals surface area contributed by atoms with Crippen LogP contribution in [0.3, 0.4) is 0 Å². The molecule has 2 rings (SSSR count). The van der Waals surface area contributed by atoms with Gasteiger partial charge in [0.15, 0.2) is 23.3 Å². The quantitative estimate of drug-likeness (QED) is 0.305. The zero-order chi connectivity index (χ0) is 26.2. The molecule has 4 nitrogen and oxygen atoms in total. The third kappa shape index (κ3) is 5.56. The van der Waals surface area contributed by atoms with E-state index in [1.165, 1.54) is 5.56 Å². The van der Waals surface area contributed by atoms with Crippen LogP contribution in [0.1, 0.15) is 15.7 Å². The number of rotatable bonds is 3. The van der Waals surface area contributed by atoms with Gasteiger partial charge in [0, 0.05) is 0 Å². The van der Waals surface area contributed by atoms with Gasteiger partial charge in [-0.15, -0.1) is 0 Å². The molecule has 0 bridgehead atoms. The van der Waals surface area contributed by atoms with Gasteiger partial charge in [-0.25, -0.2) is 38.8 Å². The first-order chi connectivity index (χ1) is 14.7. The fourth-order valence-electron chi connectivity index (χ4n) is 2.08. The van der Waals surface area contributed by atoms with E-state index in [1.807, 2.05) is 18.2 Å². The molecule has 0 atom stereocenters. The lowest BCUT2D eigenvalue weighted by Crippen LogP contribution is -2.40. The van der Waals surface area contributed by atoms with Gasteiger partial charge in [-0.3, -0.25) is 0 Å². The van der Waals surface area contributed by atoms with E-state index in [0.717, 1.165) is 0 Å². The average molecular weight is 538 g/mol. The highest BCUT2D eigenvalue weighted by Gasteiger charge is 2.65. The van der Waals surface area contributed by atoms with Crippen molar-refractivity contribution in [1.82, 2.24) is 0 Å². The van der Waals surface area contributed by atoms with Crippen molar-refractivity contribution in [2.75, 3.05) is 0 Å². The largest absolute Gasteiger partial charge is 0.499 e. The van der Waals surface area contributed by atoms with Gasteiger partial charge in [-0.05, 0) is 6.92 Å². The van der Waals surface area contributed by atoms with Crippen molar-refractivity contribution >= 4 is 19.7 Å². The Morgan fingerprint density at radius 3 is 1.15 bits per heavy atom. The molecule has 0 amide bonds. The molecule has 0 saturated heterocycles. The minimum atomic E-state index is -7.67. The number of sulfone groups is 2. The van der Waals surface area contributed by atoms with Crippen LogP contribution in [0.5, 0.6) is 0 Å². The highest BCUT2D eigenvalue weighted by Crippen LogP contribution is 2.47. The van der Waals surface area contributed by atoms with E-state index in [-0.39, 0.29) is 0 Å². The molecule has 0 saturated carbocycles. The Morgan fingerprint density at radius 1 is 0.606 bits per heavy atom. The maximum Gasteiger partial charge on any atom is 0.499 e. The molecule has 186 valence electrons. The number of halogens is 11. The summed E-state index contributed by atoms with van der Waals surface area (Å²) in [5.41, 5.74) is -15.7. The molecule has 0 N–H and O–H groups in total. The topological polar surface area (TPSA) is 68.3 Å². The third-order valence-corrected chi connectivity index (χ3v) is 8.04. The van der Waals surface area contributed by atoms with Gasteiger partial charge >= 0.3 is 11.0 Å². The van der Waals surface area contributed by atoms with Gasteiger partial charge in [0.05, 0.1) is 5.56 Å². The highest BCUT2D eigenvalue weighted by atomic mass is 32.3. The SMILES string of the molecule is Cc1ccccc1.O=S(=O)(C(c1c(F)c(F)c(F)c(F)c1F)S(=O)(=O)C(F)(F)F)C(F)(F)F. The molecule has 2 aromatic rings. The number of aryl methyl sites for hydroxylation is 1. The zero-order valence-electron chi connectivity index (χ0n) is 15.6. The molecule has 0 aliphatic rings. The number of hydrogen-bond donors (Lipinski definition) is 0. The second-order valence-corrected chi connectivity index (χ2v) is 10.3. The summed E-state index contributed by atoms with van der Waals surface area (Å²) in [4.78, 5) is 0. The second-order valence-electron chi connectivity index (χ2n) is 5.95. The highest BCUT2D eigenvalue weighted by molar-refractivity contribution is 8.09. The van der Waals surface area contributed by atoms with Crippen molar-refractivity contribution < 1.29 is 65.1 Å². The molecule has 0 aliphatic heterocycles. The molecule has 0 radical (unpaired) electrons. The fraction of sp³-hybridized carbons (Fsp3) is 0.250. The summed E-state index contributed by atoms with van der Waals surface area (Å²) in [6.07, 6.45) is 0. The molecule has 33 heavy (non-hydrogen) atoms. The van der Waals surface area contributed by atoms with Crippen LogP contribution in [0, 0.1) is 36.0 Å². The predicted molar refractivity (Wildman–Crippen MR) is 90.1 cm³/mol. The molecule has 0 heterocycles. The first kappa shape index (κ1) is 28.6. The maximum atomic E-state index is 13.5. The summed E-state index contributed by atoms with van der Waals surface area (Å²) in [7, 11) is -15.3. The van der Waals surface area contributed by atoms with Crippen molar-refractivity contribution in [1.29, 1.82) is 0 Å². The van der Waals surface area contributed by atoms with E-state index >= 15 is 0 Å². The summed E-state index contributed by atoms with van der Waals surface area (Å²) in [5.74, 6) is -16.4. The van der Waals surface area contributed by atoms with E-state index in [9.17, 15) is 65.1 Å². The molecule has 0 aromatic heterocycles. The third-order valence-electron chi connectivity index (χ3n) is 3.63. The van der Waals surface area contributed by atoms with Crippen LogP contribution < -0.4 is 0 Å². The van der Waals surface area contributed by atoms with Crippen LogP contribution in [-0.2, 0) is 19.7 Å². The summed E-state index contributed by atoms with van der Waals surface area (Å²) < 4.78 is 180. The lowest BCUT2D eigenvalue weighted by molar-refractivity contribution is -0.0473. The van der Waals surface area contributed by atoms with Crippen LogP contribution >= 0.6 is 0 Å². The Kier molecular flexibility index (Phi) is 8.18. The molecule has 0 aliphatic carbocycles. The van der Waals surface area contributed by atoms with Crippen LogP contribution in [0.25, 0.3) is 0 Å². The second kappa shape index (κ2) is 9.44. The molecular weight excluding hydrogens is 529 g/mol. The average Bonchev–Trinajstić information content (AvgIpc) is 2.67. The monoisotopic (exact) mass is 538 g/mol. The fourth-order valence-corrected chi connectivity index (χ4v) is 5.59. The smallest absolute Gasteiger partial charge is 0.218 e. The van der Waals surface area contributed by atoms with Crippen molar-refractivity contribution in [3.63, 3.8) is 0 Å². The van der Waals surface area contributed by atoms with Gasteiger partial charge in [0.2, 0.25) is 10.4 Å². The Morgan fingerprint density at radius 2 is 0.909 bits per heavy atom. The van der Waals surface area contributed by atoms with E-state index in [1.54, 1.807) is 0 Å². The van der Waals surface area contributed by atoms with Gasteiger partial charge in [0.25, 0.3) is 19.7 Å².